The van der Waals surface area contributed by atoms with Crippen molar-refractivity contribution in [3.8, 4) is 5.75 Å². The zero-order chi connectivity index (χ0) is 23.8. The standard InChI is InChI=1S/C24H29N3O5S/c1-4-21-24(29)26-20-14-19(5-6-22(20)32-21)33(30,31)27-9-7-17(8-10-27)23(28)25-18-12-15(2)11-16(3)13-18/h5-6,11-14,17,21H,4,7-10H2,1-3H3,(H,25,28)(H,26,29)/t21-/m0/s1. The Balaban J connectivity index is 1.41. The summed E-state index contributed by atoms with van der Waals surface area (Å²) in [5.41, 5.74) is 3.26. The van der Waals surface area contributed by atoms with Gasteiger partial charge in [-0.25, -0.2) is 8.42 Å². The second-order valence-corrected chi connectivity index (χ2v) is 10.6. The molecule has 2 aliphatic rings. The summed E-state index contributed by atoms with van der Waals surface area (Å²) in [6.07, 6.45) is 0.837. The van der Waals surface area contributed by atoms with Gasteiger partial charge < -0.3 is 15.4 Å². The molecule has 2 heterocycles. The average molecular weight is 472 g/mol. The Morgan fingerprint density at radius 2 is 1.79 bits per heavy atom. The minimum atomic E-state index is -3.76. The first kappa shape index (κ1) is 23.3. The highest BCUT2D eigenvalue weighted by molar-refractivity contribution is 7.89. The molecule has 1 saturated heterocycles. The predicted molar refractivity (Wildman–Crippen MR) is 126 cm³/mol. The number of hydrogen-bond acceptors (Lipinski definition) is 5. The van der Waals surface area contributed by atoms with E-state index in [0.717, 1.165) is 16.8 Å². The molecule has 1 atom stereocenters. The molecule has 2 aromatic carbocycles. The lowest BCUT2D eigenvalue weighted by molar-refractivity contribution is -0.123. The van der Waals surface area contributed by atoms with E-state index in [1.165, 1.54) is 16.4 Å². The van der Waals surface area contributed by atoms with Crippen LogP contribution in [0.4, 0.5) is 11.4 Å². The number of piperidine rings is 1. The normalized spacial score (nSPS) is 19.4. The molecule has 0 unspecified atom stereocenters. The summed E-state index contributed by atoms with van der Waals surface area (Å²) in [5.74, 6) is -0.159. The lowest BCUT2D eigenvalue weighted by Crippen LogP contribution is -2.41. The van der Waals surface area contributed by atoms with Gasteiger partial charge in [-0.1, -0.05) is 13.0 Å². The zero-order valence-corrected chi connectivity index (χ0v) is 19.9. The topological polar surface area (TPSA) is 105 Å². The number of benzene rings is 2. The Kier molecular flexibility index (Phi) is 6.45. The molecule has 2 amide bonds. The predicted octanol–water partition coefficient (Wildman–Crippen LogP) is 3.45. The Morgan fingerprint density at radius 3 is 2.42 bits per heavy atom. The van der Waals surface area contributed by atoms with Crippen molar-refractivity contribution in [3.63, 3.8) is 0 Å². The van der Waals surface area contributed by atoms with Gasteiger partial charge in [0.05, 0.1) is 10.6 Å². The maximum atomic E-state index is 13.2. The lowest BCUT2D eigenvalue weighted by atomic mass is 9.97. The molecule has 2 aliphatic heterocycles. The minimum Gasteiger partial charge on any atom is -0.478 e. The molecular formula is C24H29N3O5S. The summed E-state index contributed by atoms with van der Waals surface area (Å²) in [7, 11) is -3.76. The van der Waals surface area contributed by atoms with Gasteiger partial charge >= 0.3 is 0 Å². The van der Waals surface area contributed by atoms with Crippen molar-refractivity contribution in [3.05, 3.63) is 47.5 Å². The van der Waals surface area contributed by atoms with E-state index in [-0.39, 0.29) is 35.7 Å². The largest absolute Gasteiger partial charge is 0.478 e. The molecule has 2 aromatic rings. The number of rotatable bonds is 5. The maximum absolute atomic E-state index is 13.2. The molecule has 0 aliphatic carbocycles. The second kappa shape index (κ2) is 9.15. The number of fused-ring (bicyclic) bond motifs is 1. The average Bonchev–Trinajstić information content (AvgIpc) is 2.77. The van der Waals surface area contributed by atoms with Gasteiger partial charge in [-0.05, 0) is 74.6 Å². The summed E-state index contributed by atoms with van der Waals surface area (Å²) in [4.78, 5) is 24.9. The number of carbonyl (C=O) groups is 2. The summed E-state index contributed by atoms with van der Waals surface area (Å²) in [6.45, 7) is 6.31. The molecule has 1 fully saturated rings. The number of nitrogens with one attached hydrogen (secondary N) is 2. The highest BCUT2D eigenvalue weighted by Gasteiger charge is 2.34. The first-order valence-corrected chi connectivity index (χ1v) is 12.6. The van der Waals surface area contributed by atoms with Crippen molar-refractivity contribution in [2.45, 2.75) is 51.0 Å². The summed E-state index contributed by atoms with van der Waals surface area (Å²) < 4.78 is 33.4. The Labute approximate surface area is 194 Å². The highest BCUT2D eigenvalue weighted by Crippen LogP contribution is 2.34. The molecule has 0 radical (unpaired) electrons. The molecule has 0 bridgehead atoms. The van der Waals surface area contributed by atoms with Crippen LogP contribution in [0.1, 0.15) is 37.3 Å². The van der Waals surface area contributed by atoms with Crippen LogP contribution in [0.5, 0.6) is 5.75 Å². The third-order valence-electron chi connectivity index (χ3n) is 6.09. The summed E-state index contributed by atoms with van der Waals surface area (Å²) >= 11 is 0. The van der Waals surface area contributed by atoms with Crippen molar-refractivity contribution in [2.24, 2.45) is 5.92 Å². The number of hydrogen-bond donors (Lipinski definition) is 2. The second-order valence-electron chi connectivity index (χ2n) is 8.71. The molecule has 33 heavy (non-hydrogen) atoms. The molecule has 0 spiro atoms. The first-order valence-electron chi connectivity index (χ1n) is 11.2. The van der Waals surface area contributed by atoms with Gasteiger partial charge in [0, 0.05) is 24.7 Å². The molecule has 8 nitrogen and oxygen atoms in total. The fraction of sp³-hybridized carbons (Fsp3) is 0.417. The lowest BCUT2D eigenvalue weighted by Gasteiger charge is -2.31. The molecule has 0 aromatic heterocycles. The number of anilines is 2. The fourth-order valence-corrected chi connectivity index (χ4v) is 5.85. The van der Waals surface area contributed by atoms with Gasteiger partial charge in [-0.3, -0.25) is 9.59 Å². The number of amides is 2. The van der Waals surface area contributed by atoms with Gasteiger partial charge in [-0.2, -0.15) is 4.31 Å². The third-order valence-corrected chi connectivity index (χ3v) is 7.99. The molecule has 0 saturated carbocycles. The molecule has 9 heteroatoms. The zero-order valence-electron chi connectivity index (χ0n) is 19.1. The van der Waals surface area contributed by atoms with Gasteiger partial charge in [0.15, 0.2) is 6.10 Å². The number of aryl methyl sites for hydroxylation is 2. The van der Waals surface area contributed by atoms with Crippen molar-refractivity contribution >= 4 is 33.2 Å². The van der Waals surface area contributed by atoms with E-state index in [4.69, 9.17) is 4.74 Å². The Bertz CT molecular complexity index is 1170. The third kappa shape index (κ3) is 4.89. The van der Waals surface area contributed by atoms with E-state index < -0.39 is 16.1 Å². The van der Waals surface area contributed by atoms with Crippen LogP contribution in [0.2, 0.25) is 0 Å². The highest BCUT2D eigenvalue weighted by atomic mass is 32.2. The number of carbonyl (C=O) groups excluding carboxylic acids is 2. The van der Waals surface area contributed by atoms with Crippen molar-refractivity contribution in [2.75, 3.05) is 23.7 Å². The van der Waals surface area contributed by atoms with E-state index >= 15 is 0 Å². The maximum Gasteiger partial charge on any atom is 0.265 e. The summed E-state index contributed by atoms with van der Waals surface area (Å²) in [6, 6.07) is 10.4. The molecule has 2 N–H and O–H groups in total. The van der Waals surface area contributed by atoms with Crippen LogP contribution in [-0.4, -0.2) is 43.7 Å². The monoisotopic (exact) mass is 471 g/mol. The van der Waals surface area contributed by atoms with Crippen LogP contribution in [0.15, 0.2) is 41.3 Å². The van der Waals surface area contributed by atoms with Crippen LogP contribution < -0.4 is 15.4 Å². The number of nitrogens with zero attached hydrogens (tertiary/aromatic N) is 1. The van der Waals surface area contributed by atoms with E-state index in [1.807, 2.05) is 39.0 Å². The van der Waals surface area contributed by atoms with Crippen molar-refractivity contribution in [1.82, 2.24) is 4.31 Å². The van der Waals surface area contributed by atoms with Crippen LogP contribution in [0, 0.1) is 19.8 Å². The Hall–Kier alpha value is -2.91. The van der Waals surface area contributed by atoms with E-state index in [2.05, 4.69) is 10.6 Å². The minimum absolute atomic E-state index is 0.0869. The summed E-state index contributed by atoms with van der Waals surface area (Å²) in [5, 5.41) is 5.69. The fourth-order valence-electron chi connectivity index (χ4n) is 4.36. The van der Waals surface area contributed by atoms with Crippen LogP contribution in [0.25, 0.3) is 0 Å². The first-order chi connectivity index (χ1) is 15.7. The van der Waals surface area contributed by atoms with Gasteiger partial charge in [-0.15, -0.1) is 0 Å². The van der Waals surface area contributed by atoms with Crippen molar-refractivity contribution < 1.29 is 22.7 Å². The molecular weight excluding hydrogens is 442 g/mol. The van der Waals surface area contributed by atoms with E-state index in [9.17, 15) is 18.0 Å². The van der Waals surface area contributed by atoms with Gasteiger partial charge in [0.25, 0.3) is 5.91 Å². The number of sulfonamides is 1. The van der Waals surface area contributed by atoms with Crippen LogP contribution in [-0.2, 0) is 19.6 Å². The molecule has 4 rings (SSSR count). The SMILES string of the molecule is CC[C@@H]1Oc2ccc(S(=O)(=O)N3CCC(C(=O)Nc4cc(C)cc(C)c4)CC3)cc2NC1=O. The van der Waals surface area contributed by atoms with Gasteiger partial charge in [0.1, 0.15) is 5.75 Å². The smallest absolute Gasteiger partial charge is 0.265 e. The van der Waals surface area contributed by atoms with E-state index in [1.54, 1.807) is 6.07 Å². The van der Waals surface area contributed by atoms with Crippen molar-refractivity contribution in [1.29, 1.82) is 0 Å². The quantitative estimate of drug-likeness (QED) is 0.695. The Morgan fingerprint density at radius 1 is 1.12 bits per heavy atom. The number of ether oxygens (including phenoxy) is 1. The van der Waals surface area contributed by atoms with E-state index in [0.29, 0.717) is 30.7 Å². The van der Waals surface area contributed by atoms with Crippen LogP contribution in [0.3, 0.4) is 0 Å². The van der Waals surface area contributed by atoms with Gasteiger partial charge in [0.2, 0.25) is 15.9 Å². The van der Waals surface area contributed by atoms with Crippen LogP contribution >= 0.6 is 0 Å². The molecule has 176 valence electrons.